The Morgan fingerprint density at radius 1 is 0.767 bits per heavy atom. The van der Waals surface area contributed by atoms with Crippen LogP contribution in [0.3, 0.4) is 0 Å². The minimum absolute atomic E-state index is 0.0729. The first kappa shape index (κ1) is 29.6. The zero-order valence-corrected chi connectivity index (χ0v) is 21.1. The van der Waals surface area contributed by atoms with E-state index < -0.39 is 13.8 Å². The first-order valence-electron chi connectivity index (χ1n) is 12.2. The second-order valence-corrected chi connectivity index (χ2v) is 10.9. The van der Waals surface area contributed by atoms with Crippen LogP contribution in [0, 0.1) is 0 Å². The predicted octanol–water partition coefficient (Wildman–Crippen LogP) is 6.61. The monoisotopic (exact) mass is 450 g/mol. The third-order valence-electron chi connectivity index (χ3n) is 5.22. The fourth-order valence-corrected chi connectivity index (χ4v) is 3.99. The maximum atomic E-state index is 11.8. The smallest absolute Gasteiger partial charge is 0.371 e. The summed E-state index contributed by atoms with van der Waals surface area (Å²) in [6.45, 7) is 2.89. The van der Waals surface area contributed by atoms with E-state index in [1.807, 2.05) is 21.1 Å². The van der Waals surface area contributed by atoms with Crippen LogP contribution in [-0.4, -0.2) is 49.6 Å². The third-order valence-corrected chi connectivity index (χ3v) is 6.16. The quantitative estimate of drug-likeness (QED) is 0.121. The number of hydrogen-bond acceptors (Lipinski definition) is 4. The zero-order chi connectivity index (χ0) is 22.7. The number of quaternary nitrogens is 1. The maximum absolute atomic E-state index is 11.8. The molecule has 30 heavy (non-hydrogen) atoms. The SMILES string of the molecule is CCCCCCCCCCCCCCCCCC(=O)OP(=O)(O)OCC[N+](C)(C)C. The average molecular weight is 451 g/mol. The summed E-state index contributed by atoms with van der Waals surface area (Å²) in [6.07, 6.45) is 19.0. The fraction of sp³-hybridized carbons (Fsp3) is 0.957. The summed E-state index contributed by atoms with van der Waals surface area (Å²) in [6, 6.07) is 0. The van der Waals surface area contributed by atoms with Gasteiger partial charge in [-0.25, -0.2) is 4.57 Å². The molecule has 180 valence electrons. The lowest BCUT2D eigenvalue weighted by atomic mass is 10.0. The maximum Gasteiger partial charge on any atom is 0.529 e. The van der Waals surface area contributed by atoms with Gasteiger partial charge in [-0.1, -0.05) is 96.8 Å². The molecule has 0 aromatic heterocycles. The summed E-state index contributed by atoms with van der Waals surface area (Å²) in [5.74, 6) is -0.652. The summed E-state index contributed by atoms with van der Waals surface area (Å²) in [4.78, 5) is 21.3. The van der Waals surface area contributed by atoms with Gasteiger partial charge in [-0.3, -0.25) is 14.2 Å². The van der Waals surface area contributed by atoms with Gasteiger partial charge in [0.05, 0.1) is 21.1 Å². The van der Waals surface area contributed by atoms with Crippen molar-refractivity contribution in [3.63, 3.8) is 0 Å². The highest BCUT2D eigenvalue weighted by Gasteiger charge is 2.26. The number of phosphoric ester groups is 1. The van der Waals surface area contributed by atoms with Gasteiger partial charge in [-0.15, -0.1) is 0 Å². The van der Waals surface area contributed by atoms with E-state index in [-0.39, 0.29) is 13.0 Å². The van der Waals surface area contributed by atoms with E-state index in [2.05, 4.69) is 11.4 Å². The number of likely N-dealkylation sites (N-methyl/N-ethyl adjacent to an activating group) is 1. The molecule has 7 heteroatoms. The summed E-state index contributed by atoms with van der Waals surface area (Å²) in [5, 5.41) is 0. The van der Waals surface area contributed by atoms with Gasteiger partial charge < -0.3 is 9.01 Å². The van der Waals surface area contributed by atoms with E-state index in [9.17, 15) is 14.3 Å². The molecule has 1 atom stereocenters. The molecule has 0 aliphatic heterocycles. The molecule has 0 radical (unpaired) electrons. The van der Waals surface area contributed by atoms with E-state index in [1.54, 1.807) is 0 Å². The summed E-state index contributed by atoms with van der Waals surface area (Å²) in [7, 11) is 1.57. The molecule has 0 fully saturated rings. The summed E-state index contributed by atoms with van der Waals surface area (Å²) >= 11 is 0. The Labute approximate surface area is 185 Å². The van der Waals surface area contributed by atoms with Crippen LogP contribution >= 0.6 is 7.82 Å². The second kappa shape index (κ2) is 18.2. The van der Waals surface area contributed by atoms with Crippen LogP contribution in [0.25, 0.3) is 0 Å². The molecular weight excluding hydrogens is 401 g/mol. The minimum Gasteiger partial charge on any atom is -0.371 e. The first-order valence-corrected chi connectivity index (χ1v) is 13.7. The van der Waals surface area contributed by atoms with Crippen molar-refractivity contribution < 1.29 is 27.8 Å². The Bertz CT molecular complexity index is 465. The molecule has 6 nitrogen and oxygen atoms in total. The van der Waals surface area contributed by atoms with Gasteiger partial charge in [-0.05, 0) is 6.42 Å². The van der Waals surface area contributed by atoms with Crippen LogP contribution in [0.5, 0.6) is 0 Å². The molecule has 0 aromatic carbocycles. The van der Waals surface area contributed by atoms with Crippen LogP contribution in [0.2, 0.25) is 0 Å². The first-order chi connectivity index (χ1) is 14.2. The molecule has 0 saturated heterocycles. The Hall–Kier alpha value is -0.420. The topological polar surface area (TPSA) is 72.8 Å². The van der Waals surface area contributed by atoms with Crippen LogP contribution < -0.4 is 0 Å². The predicted molar refractivity (Wildman–Crippen MR) is 124 cm³/mol. The van der Waals surface area contributed by atoms with E-state index in [0.717, 1.165) is 12.8 Å². The number of rotatable bonds is 21. The number of carbonyl (C=O) groups is 1. The van der Waals surface area contributed by atoms with Gasteiger partial charge in [0, 0.05) is 6.42 Å². The number of hydrogen-bond donors (Lipinski definition) is 1. The van der Waals surface area contributed by atoms with Gasteiger partial charge >= 0.3 is 13.8 Å². The van der Waals surface area contributed by atoms with Crippen LogP contribution in [0.1, 0.15) is 110 Å². The van der Waals surface area contributed by atoms with Crippen molar-refractivity contribution in [1.29, 1.82) is 0 Å². The van der Waals surface area contributed by atoms with Gasteiger partial charge in [0.2, 0.25) is 0 Å². The zero-order valence-electron chi connectivity index (χ0n) is 20.2. The van der Waals surface area contributed by atoms with Crippen molar-refractivity contribution in [3.05, 3.63) is 0 Å². The fourth-order valence-electron chi connectivity index (χ4n) is 3.27. The van der Waals surface area contributed by atoms with Crippen molar-refractivity contribution in [2.75, 3.05) is 34.3 Å². The summed E-state index contributed by atoms with van der Waals surface area (Å²) < 4.78 is 21.8. The van der Waals surface area contributed by atoms with E-state index in [4.69, 9.17) is 4.52 Å². The van der Waals surface area contributed by atoms with Crippen molar-refractivity contribution >= 4 is 13.8 Å². The molecule has 0 aromatic rings. The molecule has 0 bridgehead atoms. The molecule has 0 aliphatic rings. The number of phosphoric acid groups is 1. The Kier molecular flexibility index (Phi) is 17.9. The Balaban J connectivity index is 3.45. The summed E-state index contributed by atoms with van der Waals surface area (Å²) in [5.41, 5.74) is 0. The number of carbonyl (C=O) groups excluding carboxylic acids is 1. The van der Waals surface area contributed by atoms with E-state index >= 15 is 0 Å². The third kappa shape index (κ3) is 22.3. The highest BCUT2D eigenvalue weighted by molar-refractivity contribution is 7.48. The Morgan fingerprint density at radius 3 is 1.57 bits per heavy atom. The molecule has 0 rings (SSSR count). The second-order valence-electron chi connectivity index (χ2n) is 9.48. The number of unbranched alkanes of at least 4 members (excludes halogenated alkanes) is 14. The molecule has 0 spiro atoms. The van der Waals surface area contributed by atoms with Crippen LogP contribution in [-0.2, 0) is 18.4 Å². The lowest BCUT2D eigenvalue weighted by Gasteiger charge is -2.23. The van der Waals surface area contributed by atoms with Gasteiger partial charge in [0.15, 0.2) is 0 Å². The molecule has 0 saturated carbocycles. The van der Waals surface area contributed by atoms with Crippen molar-refractivity contribution in [3.8, 4) is 0 Å². The van der Waals surface area contributed by atoms with Gasteiger partial charge in [0.1, 0.15) is 13.2 Å². The van der Waals surface area contributed by atoms with Crippen molar-refractivity contribution in [2.45, 2.75) is 110 Å². The highest BCUT2D eigenvalue weighted by atomic mass is 31.2. The molecule has 0 heterocycles. The molecule has 1 N–H and O–H groups in total. The van der Waals surface area contributed by atoms with E-state index in [1.165, 1.54) is 77.0 Å². The van der Waals surface area contributed by atoms with Crippen LogP contribution in [0.4, 0.5) is 0 Å². The largest absolute Gasteiger partial charge is 0.529 e. The Morgan fingerprint density at radius 2 is 1.17 bits per heavy atom. The van der Waals surface area contributed by atoms with Gasteiger partial charge in [0.25, 0.3) is 0 Å². The van der Waals surface area contributed by atoms with E-state index in [0.29, 0.717) is 17.4 Å². The average Bonchev–Trinajstić information content (AvgIpc) is 2.63. The van der Waals surface area contributed by atoms with Crippen molar-refractivity contribution in [1.82, 2.24) is 0 Å². The van der Waals surface area contributed by atoms with Gasteiger partial charge in [-0.2, -0.15) is 0 Å². The lowest BCUT2D eigenvalue weighted by molar-refractivity contribution is -0.870. The molecule has 1 unspecified atom stereocenters. The highest BCUT2D eigenvalue weighted by Crippen LogP contribution is 2.43. The lowest BCUT2D eigenvalue weighted by Crippen LogP contribution is -2.37. The van der Waals surface area contributed by atoms with Crippen molar-refractivity contribution in [2.24, 2.45) is 0 Å². The molecule has 0 aliphatic carbocycles. The number of nitrogens with zero attached hydrogens (tertiary/aromatic N) is 1. The normalized spacial score (nSPS) is 13.9. The standard InChI is InChI=1S/C23H48NO5P/c1-5-6-7-8-9-10-11-12-13-14-15-16-17-18-19-20-23(25)29-30(26,27)28-22-21-24(2,3)4/h5-22H2,1-4H3/p+1. The molecular formula is C23H49NO5P+. The minimum atomic E-state index is -4.28. The van der Waals surface area contributed by atoms with Crippen LogP contribution in [0.15, 0.2) is 0 Å². The molecule has 0 amide bonds.